The van der Waals surface area contributed by atoms with Crippen molar-refractivity contribution in [3.05, 3.63) is 34.9 Å². The van der Waals surface area contributed by atoms with Gasteiger partial charge in [-0.15, -0.1) is 0 Å². The van der Waals surface area contributed by atoms with Crippen LogP contribution in [-0.2, 0) is 4.74 Å². The van der Waals surface area contributed by atoms with Crippen molar-refractivity contribution in [1.29, 1.82) is 0 Å². The van der Waals surface area contributed by atoms with E-state index in [2.05, 4.69) is 44.3 Å². The molecule has 1 atom stereocenters. The van der Waals surface area contributed by atoms with E-state index in [1.165, 1.54) is 16.7 Å². The smallest absolute Gasteiger partial charge is 0.317 e. The third kappa shape index (κ3) is 3.52. The van der Waals surface area contributed by atoms with Gasteiger partial charge in [-0.1, -0.05) is 23.8 Å². The van der Waals surface area contributed by atoms with Crippen LogP contribution in [0.5, 0.6) is 0 Å². The molecule has 126 valence electrons. The minimum atomic E-state index is 0.0358. The zero-order valence-electron chi connectivity index (χ0n) is 14.5. The average molecular weight is 316 g/mol. The quantitative estimate of drug-likeness (QED) is 0.906. The van der Waals surface area contributed by atoms with E-state index in [1.54, 1.807) is 0 Å². The standard InChI is InChI=1S/C19H28N2O2/c1-14-4-5-15(2)17(12-14)16(3)20-18(22)21-9-6-19(13-21)7-10-23-11-8-19/h4-5,12,16H,6-11,13H2,1-3H3,(H,20,22)/t16-/m0/s1. The van der Waals surface area contributed by atoms with Crippen LogP contribution < -0.4 is 5.32 Å². The maximum Gasteiger partial charge on any atom is 0.317 e. The maximum absolute atomic E-state index is 12.6. The highest BCUT2D eigenvalue weighted by Gasteiger charge is 2.41. The second-order valence-electron chi connectivity index (χ2n) is 7.32. The molecule has 0 saturated carbocycles. The number of amides is 2. The van der Waals surface area contributed by atoms with Gasteiger partial charge in [0.1, 0.15) is 0 Å². The highest BCUT2D eigenvalue weighted by Crippen LogP contribution is 2.39. The predicted octanol–water partition coefficient (Wildman–Crippen LogP) is 3.58. The van der Waals surface area contributed by atoms with Crippen molar-refractivity contribution >= 4 is 6.03 Å². The van der Waals surface area contributed by atoms with Gasteiger partial charge >= 0.3 is 6.03 Å². The Labute approximate surface area is 139 Å². The molecule has 2 heterocycles. The van der Waals surface area contributed by atoms with Crippen LogP contribution >= 0.6 is 0 Å². The van der Waals surface area contributed by atoms with E-state index >= 15 is 0 Å². The lowest BCUT2D eigenvalue weighted by atomic mass is 9.80. The summed E-state index contributed by atoms with van der Waals surface area (Å²) in [6.45, 7) is 9.69. The first-order valence-electron chi connectivity index (χ1n) is 8.69. The number of ether oxygens (including phenoxy) is 1. The first-order chi connectivity index (χ1) is 11.0. The van der Waals surface area contributed by atoms with Crippen LogP contribution in [0.15, 0.2) is 18.2 Å². The monoisotopic (exact) mass is 316 g/mol. The number of hydrogen-bond donors (Lipinski definition) is 1. The predicted molar refractivity (Wildman–Crippen MR) is 91.5 cm³/mol. The van der Waals surface area contributed by atoms with Crippen LogP contribution in [0.1, 0.15) is 48.9 Å². The summed E-state index contributed by atoms with van der Waals surface area (Å²) in [6.07, 6.45) is 3.29. The Morgan fingerprint density at radius 1 is 1.26 bits per heavy atom. The first kappa shape index (κ1) is 16.3. The molecule has 2 aliphatic heterocycles. The van der Waals surface area contributed by atoms with E-state index in [0.29, 0.717) is 5.41 Å². The Morgan fingerprint density at radius 2 is 2.00 bits per heavy atom. The summed E-state index contributed by atoms with van der Waals surface area (Å²) in [6, 6.07) is 6.52. The van der Waals surface area contributed by atoms with Crippen LogP contribution in [-0.4, -0.2) is 37.2 Å². The van der Waals surface area contributed by atoms with Crippen LogP contribution in [0, 0.1) is 19.3 Å². The first-order valence-corrected chi connectivity index (χ1v) is 8.69. The average Bonchev–Trinajstić information content (AvgIpc) is 2.94. The SMILES string of the molecule is Cc1ccc(C)c([C@H](C)NC(=O)N2CCC3(CCOCC3)C2)c1. The van der Waals surface area contributed by atoms with Gasteiger partial charge in [0.25, 0.3) is 0 Å². The molecule has 0 radical (unpaired) electrons. The largest absolute Gasteiger partial charge is 0.381 e. The molecular weight excluding hydrogens is 288 g/mol. The van der Waals surface area contributed by atoms with Gasteiger partial charge in [-0.25, -0.2) is 4.79 Å². The lowest BCUT2D eigenvalue weighted by Crippen LogP contribution is -2.42. The van der Waals surface area contributed by atoms with Crippen LogP contribution in [0.3, 0.4) is 0 Å². The van der Waals surface area contributed by atoms with E-state index in [1.807, 2.05) is 4.90 Å². The molecule has 1 aromatic rings. The van der Waals surface area contributed by atoms with Crippen LogP contribution in [0.25, 0.3) is 0 Å². The molecule has 0 aromatic heterocycles. The van der Waals surface area contributed by atoms with Crippen molar-refractivity contribution in [2.24, 2.45) is 5.41 Å². The lowest BCUT2D eigenvalue weighted by Gasteiger charge is -2.33. The Hall–Kier alpha value is -1.55. The van der Waals surface area contributed by atoms with Gasteiger partial charge in [-0.05, 0) is 56.6 Å². The maximum atomic E-state index is 12.6. The molecule has 1 N–H and O–H groups in total. The van der Waals surface area contributed by atoms with E-state index in [4.69, 9.17) is 4.74 Å². The van der Waals surface area contributed by atoms with Crippen molar-refractivity contribution in [3.63, 3.8) is 0 Å². The van der Waals surface area contributed by atoms with Gasteiger partial charge in [0.2, 0.25) is 0 Å². The molecular formula is C19H28N2O2. The number of rotatable bonds is 2. The molecule has 1 aromatic carbocycles. The highest BCUT2D eigenvalue weighted by atomic mass is 16.5. The molecule has 0 unspecified atom stereocenters. The summed E-state index contributed by atoms with van der Waals surface area (Å²) in [5, 5.41) is 3.18. The number of carbonyl (C=O) groups excluding carboxylic acids is 1. The van der Waals surface area contributed by atoms with E-state index in [9.17, 15) is 4.79 Å². The van der Waals surface area contributed by atoms with E-state index < -0.39 is 0 Å². The van der Waals surface area contributed by atoms with Crippen molar-refractivity contribution < 1.29 is 9.53 Å². The molecule has 2 amide bonds. The van der Waals surface area contributed by atoms with Gasteiger partial charge in [0.05, 0.1) is 6.04 Å². The van der Waals surface area contributed by atoms with E-state index in [0.717, 1.165) is 45.6 Å². The minimum absolute atomic E-state index is 0.0358. The molecule has 1 spiro atoms. The molecule has 0 bridgehead atoms. The molecule has 3 rings (SSSR count). The summed E-state index contributed by atoms with van der Waals surface area (Å²) < 4.78 is 5.48. The Balaban J connectivity index is 1.62. The molecule has 2 fully saturated rings. The van der Waals surface area contributed by atoms with Crippen LogP contribution in [0.4, 0.5) is 4.79 Å². The summed E-state index contributed by atoms with van der Waals surface area (Å²) >= 11 is 0. The van der Waals surface area contributed by atoms with Gasteiger partial charge in [-0.3, -0.25) is 0 Å². The van der Waals surface area contributed by atoms with Crippen molar-refractivity contribution in [2.75, 3.05) is 26.3 Å². The van der Waals surface area contributed by atoms with Gasteiger partial charge in [-0.2, -0.15) is 0 Å². The lowest BCUT2D eigenvalue weighted by molar-refractivity contribution is 0.0208. The minimum Gasteiger partial charge on any atom is -0.381 e. The molecule has 4 heteroatoms. The number of hydrogen-bond acceptors (Lipinski definition) is 2. The zero-order chi connectivity index (χ0) is 16.4. The number of carbonyl (C=O) groups is 1. The third-order valence-electron chi connectivity index (χ3n) is 5.52. The summed E-state index contributed by atoms with van der Waals surface area (Å²) in [4.78, 5) is 14.6. The van der Waals surface area contributed by atoms with E-state index in [-0.39, 0.29) is 12.1 Å². The number of urea groups is 1. The Bertz CT molecular complexity index is 579. The second-order valence-corrected chi connectivity index (χ2v) is 7.32. The number of likely N-dealkylation sites (tertiary alicyclic amines) is 1. The van der Waals surface area contributed by atoms with Crippen LogP contribution in [0.2, 0.25) is 0 Å². The fourth-order valence-electron chi connectivity index (χ4n) is 3.90. The van der Waals surface area contributed by atoms with Crippen molar-refractivity contribution in [2.45, 2.75) is 46.1 Å². The molecule has 0 aliphatic carbocycles. The third-order valence-corrected chi connectivity index (χ3v) is 5.52. The number of benzene rings is 1. The van der Waals surface area contributed by atoms with Gasteiger partial charge < -0.3 is 15.0 Å². The molecule has 23 heavy (non-hydrogen) atoms. The molecule has 4 nitrogen and oxygen atoms in total. The molecule has 2 saturated heterocycles. The summed E-state index contributed by atoms with van der Waals surface area (Å²) in [7, 11) is 0. The second kappa shape index (κ2) is 6.52. The Kier molecular flexibility index (Phi) is 4.62. The topological polar surface area (TPSA) is 41.6 Å². The fourth-order valence-corrected chi connectivity index (χ4v) is 3.90. The summed E-state index contributed by atoms with van der Waals surface area (Å²) in [5.41, 5.74) is 3.97. The summed E-state index contributed by atoms with van der Waals surface area (Å²) in [5.74, 6) is 0. The number of nitrogens with one attached hydrogen (secondary N) is 1. The molecule has 2 aliphatic rings. The van der Waals surface area contributed by atoms with Gasteiger partial charge in [0, 0.05) is 26.3 Å². The Morgan fingerprint density at radius 3 is 2.74 bits per heavy atom. The normalized spacial score (nSPS) is 21.4. The number of nitrogens with zero attached hydrogens (tertiary/aromatic N) is 1. The van der Waals surface area contributed by atoms with Crippen molar-refractivity contribution in [1.82, 2.24) is 10.2 Å². The number of aryl methyl sites for hydroxylation is 2. The van der Waals surface area contributed by atoms with Crippen molar-refractivity contribution in [3.8, 4) is 0 Å². The van der Waals surface area contributed by atoms with Gasteiger partial charge in [0.15, 0.2) is 0 Å². The zero-order valence-corrected chi connectivity index (χ0v) is 14.5. The highest BCUT2D eigenvalue weighted by molar-refractivity contribution is 5.75. The fraction of sp³-hybridized carbons (Fsp3) is 0.632.